The maximum atomic E-state index is 11.1. The van der Waals surface area contributed by atoms with Gasteiger partial charge >= 0.3 is 5.97 Å². The molecule has 1 rings (SSSR count). The normalized spacial score (nSPS) is 10.7. The maximum Gasteiger partial charge on any atom is 0.335 e. The minimum atomic E-state index is -0.908. The average Bonchev–Trinajstić information content (AvgIpc) is 2.38. The molecule has 0 aliphatic heterocycles. The highest BCUT2D eigenvalue weighted by atomic mass is 32.2. The summed E-state index contributed by atoms with van der Waals surface area (Å²) in [5.41, 5.74) is 1.11. The van der Waals surface area contributed by atoms with Crippen LogP contribution in [0.3, 0.4) is 0 Å². The van der Waals surface area contributed by atoms with Gasteiger partial charge < -0.3 is 10.4 Å². The van der Waals surface area contributed by atoms with E-state index in [1.807, 2.05) is 25.6 Å². The van der Waals surface area contributed by atoms with Crippen LogP contribution in [0.15, 0.2) is 12.1 Å². The SMILES string of the molecule is CSCCCCNc1cc(C(=O)O)cc(C(C)C)n1. The Morgan fingerprint density at radius 1 is 1.42 bits per heavy atom. The van der Waals surface area contributed by atoms with Crippen LogP contribution in [0.25, 0.3) is 0 Å². The molecule has 2 N–H and O–H groups in total. The van der Waals surface area contributed by atoms with Crippen molar-refractivity contribution in [1.82, 2.24) is 4.98 Å². The standard InChI is InChI=1S/C14H22N2O2S/c1-10(2)12-8-11(14(17)18)9-13(16-12)15-6-4-5-7-19-3/h8-10H,4-7H2,1-3H3,(H,15,16)(H,17,18). The van der Waals surface area contributed by atoms with Crippen LogP contribution in [0.1, 0.15) is 48.7 Å². The van der Waals surface area contributed by atoms with Crippen molar-refractivity contribution < 1.29 is 9.90 Å². The van der Waals surface area contributed by atoms with Gasteiger partial charge in [0.25, 0.3) is 0 Å². The number of hydrogen-bond acceptors (Lipinski definition) is 4. The number of aromatic carboxylic acids is 1. The van der Waals surface area contributed by atoms with E-state index in [0.29, 0.717) is 11.4 Å². The van der Waals surface area contributed by atoms with Crippen LogP contribution >= 0.6 is 11.8 Å². The Kier molecular flexibility index (Phi) is 6.70. The molecule has 1 heterocycles. The second-order valence-electron chi connectivity index (χ2n) is 4.75. The van der Waals surface area contributed by atoms with Crippen molar-refractivity contribution >= 4 is 23.5 Å². The Morgan fingerprint density at radius 3 is 2.74 bits per heavy atom. The van der Waals surface area contributed by atoms with E-state index in [2.05, 4.69) is 16.6 Å². The third-order valence-corrected chi connectivity index (χ3v) is 3.46. The lowest BCUT2D eigenvalue weighted by Crippen LogP contribution is -2.08. The lowest BCUT2D eigenvalue weighted by molar-refractivity contribution is 0.0696. The summed E-state index contributed by atoms with van der Waals surface area (Å²) in [6.45, 7) is 4.85. The number of carbonyl (C=O) groups is 1. The molecule has 0 atom stereocenters. The van der Waals surface area contributed by atoms with Crippen LogP contribution < -0.4 is 5.32 Å². The molecule has 0 aromatic carbocycles. The van der Waals surface area contributed by atoms with Gasteiger partial charge in [-0.3, -0.25) is 0 Å². The van der Waals surface area contributed by atoms with Gasteiger partial charge in [0, 0.05) is 12.2 Å². The van der Waals surface area contributed by atoms with Gasteiger partial charge in [-0.05, 0) is 42.9 Å². The second kappa shape index (κ2) is 8.04. The third kappa shape index (κ3) is 5.51. The highest BCUT2D eigenvalue weighted by Crippen LogP contribution is 2.17. The molecule has 0 amide bonds. The summed E-state index contributed by atoms with van der Waals surface area (Å²) in [6, 6.07) is 3.24. The molecule has 5 heteroatoms. The first kappa shape index (κ1) is 15.8. The van der Waals surface area contributed by atoms with E-state index in [1.165, 1.54) is 0 Å². The van der Waals surface area contributed by atoms with Gasteiger partial charge in [-0.1, -0.05) is 13.8 Å². The summed E-state index contributed by atoms with van der Waals surface area (Å²) in [6.07, 6.45) is 4.32. The van der Waals surface area contributed by atoms with E-state index in [9.17, 15) is 4.79 Å². The lowest BCUT2D eigenvalue weighted by atomic mass is 10.1. The predicted octanol–water partition coefficient (Wildman–Crippen LogP) is 3.46. The fourth-order valence-electron chi connectivity index (χ4n) is 1.65. The number of rotatable bonds is 8. The Hall–Kier alpha value is -1.23. The van der Waals surface area contributed by atoms with Crippen LogP contribution in [0.5, 0.6) is 0 Å². The zero-order valence-electron chi connectivity index (χ0n) is 11.8. The first-order chi connectivity index (χ1) is 9.04. The lowest BCUT2D eigenvalue weighted by Gasteiger charge is -2.11. The summed E-state index contributed by atoms with van der Waals surface area (Å²) in [7, 11) is 0. The van der Waals surface area contributed by atoms with E-state index in [0.717, 1.165) is 30.8 Å². The van der Waals surface area contributed by atoms with E-state index in [4.69, 9.17) is 5.11 Å². The van der Waals surface area contributed by atoms with Gasteiger partial charge in [-0.2, -0.15) is 11.8 Å². The van der Waals surface area contributed by atoms with Gasteiger partial charge in [-0.25, -0.2) is 9.78 Å². The molecule has 0 saturated carbocycles. The molecule has 0 aliphatic rings. The van der Waals surface area contributed by atoms with Crippen LogP contribution in [-0.4, -0.2) is 34.6 Å². The fraction of sp³-hybridized carbons (Fsp3) is 0.571. The minimum Gasteiger partial charge on any atom is -0.478 e. The molecule has 0 aliphatic carbocycles. The van der Waals surface area contributed by atoms with Gasteiger partial charge in [0.05, 0.1) is 5.56 Å². The number of hydrogen-bond donors (Lipinski definition) is 2. The van der Waals surface area contributed by atoms with Crippen molar-refractivity contribution in [3.05, 3.63) is 23.4 Å². The molecule has 19 heavy (non-hydrogen) atoms. The predicted molar refractivity (Wildman–Crippen MR) is 81.4 cm³/mol. The van der Waals surface area contributed by atoms with Crippen molar-refractivity contribution in [3.63, 3.8) is 0 Å². The number of anilines is 1. The van der Waals surface area contributed by atoms with Gasteiger partial charge in [0.2, 0.25) is 0 Å². The molecule has 1 aromatic rings. The quantitative estimate of drug-likeness (QED) is 0.715. The average molecular weight is 282 g/mol. The molecule has 0 bridgehead atoms. The monoisotopic (exact) mass is 282 g/mol. The van der Waals surface area contributed by atoms with E-state index in [-0.39, 0.29) is 5.92 Å². The molecule has 4 nitrogen and oxygen atoms in total. The number of nitrogens with one attached hydrogen (secondary N) is 1. The zero-order chi connectivity index (χ0) is 14.3. The Labute approximate surface area is 119 Å². The first-order valence-corrected chi connectivity index (χ1v) is 7.92. The van der Waals surface area contributed by atoms with Crippen LogP contribution in [-0.2, 0) is 0 Å². The maximum absolute atomic E-state index is 11.1. The highest BCUT2D eigenvalue weighted by molar-refractivity contribution is 7.98. The van der Waals surface area contributed by atoms with Gasteiger partial charge in [0.1, 0.15) is 5.82 Å². The Morgan fingerprint density at radius 2 is 2.16 bits per heavy atom. The van der Waals surface area contributed by atoms with Gasteiger partial charge in [-0.15, -0.1) is 0 Å². The minimum absolute atomic E-state index is 0.219. The third-order valence-electron chi connectivity index (χ3n) is 2.76. The number of carboxylic acids is 1. The largest absolute Gasteiger partial charge is 0.478 e. The summed E-state index contributed by atoms with van der Waals surface area (Å²) in [5, 5.41) is 12.3. The molecule has 0 unspecified atom stereocenters. The molecule has 0 spiro atoms. The van der Waals surface area contributed by atoms with Crippen molar-refractivity contribution in [2.75, 3.05) is 23.9 Å². The van der Waals surface area contributed by atoms with Crippen LogP contribution in [0.4, 0.5) is 5.82 Å². The number of nitrogens with zero attached hydrogens (tertiary/aromatic N) is 1. The molecule has 0 saturated heterocycles. The number of pyridine rings is 1. The van der Waals surface area contributed by atoms with Crippen LogP contribution in [0, 0.1) is 0 Å². The molecule has 106 valence electrons. The molecule has 1 aromatic heterocycles. The van der Waals surface area contributed by atoms with Crippen molar-refractivity contribution in [2.45, 2.75) is 32.6 Å². The zero-order valence-corrected chi connectivity index (χ0v) is 12.6. The van der Waals surface area contributed by atoms with Crippen molar-refractivity contribution in [2.24, 2.45) is 0 Å². The topological polar surface area (TPSA) is 62.2 Å². The molecule has 0 radical (unpaired) electrons. The van der Waals surface area contributed by atoms with E-state index < -0.39 is 5.97 Å². The molecular weight excluding hydrogens is 260 g/mol. The van der Waals surface area contributed by atoms with E-state index >= 15 is 0 Å². The highest BCUT2D eigenvalue weighted by Gasteiger charge is 2.10. The van der Waals surface area contributed by atoms with Crippen molar-refractivity contribution in [1.29, 1.82) is 0 Å². The Balaban J connectivity index is 2.68. The Bertz CT molecular complexity index is 422. The number of thioether (sulfide) groups is 1. The number of carboxylic acid groups (broad SMARTS) is 1. The van der Waals surface area contributed by atoms with E-state index in [1.54, 1.807) is 12.1 Å². The smallest absolute Gasteiger partial charge is 0.335 e. The van der Waals surface area contributed by atoms with Gasteiger partial charge in [0.15, 0.2) is 0 Å². The van der Waals surface area contributed by atoms with Crippen molar-refractivity contribution in [3.8, 4) is 0 Å². The molecule has 0 fully saturated rings. The summed E-state index contributed by atoms with van der Waals surface area (Å²) < 4.78 is 0. The molecular formula is C14H22N2O2S. The summed E-state index contributed by atoms with van der Waals surface area (Å²) >= 11 is 1.84. The number of aromatic nitrogens is 1. The fourth-order valence-corrected chi connectivity index (χ4v) is 2.14. The summed E-state index contributed by atoms with van der Waals surface area (Å²) in [4.78, 5) is 15.5. The second-order valence-corrected chi connectivity index (χ2v) is 5.74. The summed E-state index contributed by atoms with van der Waals surface area (Å²) in [5.74, 6) is 1.13. The number of unbranched alkanes of at least 4 members (excludes halogenated alkanes) is 1. The van der Waals surface area contributed by atoms with Crippen LogP contribution in [0.2, 0.25) is 0 Å². The first-order valence-electron chi connectivity index (χ1n) is 6.52.